The molecule has 1 aliphatic carbocycles. The molecule has 0 heterocycles. The second kappa shape index (κ2) is 5.10. The molecule has 1 nitrogen and oxygen atoms in total. The van der Waals surface area contributed by atoms with Crippen LogP contribution in [0.1, 0.15) is 46.1 Å². The number of rotatable bonds is 4. The predicted molar refractivity (Wildman–Crippen MR) is 72.3 cm³/mol. The third-order valence-corrected chi connectivity index (χ3v) is 3.40. The van der Waals surface area contributed by atoms with Crippen molar-refractivity contribution in [1.29, 1.82) is 0 Å². The summed E-state index contributed by atoms with van der Waals surface area (Å²) in [6, 6.07) is 2.30. The Bertz CT molecular complexity index is 459. The number of hydrogen-bond acceptors (Lipinski definition) is 1. The minimum Gasteiger partial charge on any atom is -0.487 e. The van der Waals surface area contributed by atoms with Gasteiger partial charge in [0.2, 0.25) is 0 Å². The van der Waals surface area contributed by atoms with Crippen LogP contribution in [0.4, 0.5) is 8.78 Å². The van der Waals surface area contributed by atoms with Crippen LogP contribution in [0.15, 0.2) is 12.1 Å². The van der Waals surface area contributed by atoms with E-state index in [2.05, 4.69) is 0 Å². The average molecular weight is 268 g/mol. The molecule has 3 heteroatoms. The van der Waals surface area contributed by atoms with Gasteiger partial charge in [0.1, 0.15) is 5.82 Å². The van der Waals surface area contributed by atoms with Crippen LogP contribution in [0.25, 0.3) is 0 Å². The Morgan fingerprint density at radius 2 is 1.89 bits per heavy atom. The smallest absolute Gasteiger partial charge is 0.168 e. The summed E-state index contributed by atoms with van der Waals surface area (Å²) < 4.78 is 33.1. The lowest BCUT2D eigenvalue weighted by atomic mass is 9.87. The van der Waals surface area contributed by atoms with E-state index in [1.54, 1.807) is 0 Å². The van der Waals surface area contributed by atoms with Crippen molar-refractivity contribution in [2.45, 2.75) is 53.1 Å². The first-order valence-electron chi connectivity index (χ1n) is 6.91. The van der Waals surface area contributed by atoms with Gasteiger partial charge in [0.25, 0.3) is 0 Å². The van der Waals surface area contributed by atoms with Gasteiger partial charge in [0.05, 0.1) is 6.10 Å². The molecule has 0 saturated heterocycles. The van der Waals surface area contributed by atoms with Crippen LogP contribution in [0.2, 0.25) is 0 Å². The Morgan fingerprint density at radius 1 is 1.26 bits per heavy atom. The van der Waals surface area contributed by atoms with Gasteiger partial charge in [-0.25, -0.2) is 8.78 Å². The molecular weight excluding hydrogens is 246 g/mol. The first-order chi connectivity index (χ1) is 8.76. The summed E-state index contributed by atoms with van der Waals surface area (Å²) in [5, 5.41) is 0. The fourth-order valence-corrected chi connectivity index (χ4v) is 2.30. The molecular formula is C16H22F2O. The van der Waals surface area contributed by atoms with Crippen molar-refractivity contribution >= 4 is 0 Å². The Balaban J connectivity index is 2.27. The number of halogens is 2. The molecule has 1 aromatic rings. The van der Waals surface area contributed by atoms with Crippen LogP contribution in [-0.4, -0.2) is 6.10 Å². The maximum Gasteiger partial charge on any atom is 0.168 e. The van der Waals surface area contributed by atoms with Gasteiger partial charge in [0, 0.05) is 11.6 Å². The lowest BCUT2D eigenvalue weighted by molar-refractivity contribution is 0.185. The Hall–Kier alpha value is -1.12. The van der Waals surface area contributed by atoms with E-state index in [1.165, 1.54) is 6.07 Å². The van der Waals surface area contributed by atoms with Crippen LogP contribution < -0.4 is 4.74 Å². The molecule has 1 fully saturated rings. The minimum atomic E-state index is -0.591. The Labute approximate surface area is 114 Å². The fourth-order valence-electron chi connectivity index (χ4n) is 2.30. The van der Waals surface area contributed by atoms with E-state index in [-0.39, 0.29) is 17.3 Å². The number of benzene rings is 1. The Morgan fingerprint density at radius 3 is 2.42 bits per heavy atom. The zero-order chi connectivity index (χ0) is 14.2. The van der Waals surface area contributed by atoms with E-state index in [9.17, 15) is 8.78 Å². The lowest BCUT2D eigenvalue weighted by Gasteiger charge is -2.23. The predicted octanol–water partition coefficient (Wildman–Crippen LogP) is 4.73. The largest absolute Gasteiger partial charge is 0.487 e. The first-order valence-corrected chi connectivity index (χ1v) is 6.91. The topological polar surface area (TPSA) is 9.23 Å². The van der Waals surface area contributed by atoms with Crippen molar-refractivity contribution in [2.75, 3.05) is 0 Å². The fraction of sp³-hybridized carbons (Fsp3) is 0.625. The van der Waals surface area contributed by atoms with Crippen LogP contribution in [0, 0.1) is 23.0 Å². The first kappa shape index (κ1) is 14.3. The van der Waals surface area contributed by atoms with E-state index in [1.807, 2.05) is 27.7 Å². The Kier molecular flexibility index (Phi) is 3.84. The summed E-state index contributed by atoms with van der Waals surface area (Å²) in [5.41, 5.74) is 0.582. The molecule has 0 amide bonds. The van der Waals surface area contributed by atoms with E-state index >= 15 is 0 Å². The van der Waals surface area contributed by atoms with Gasteiger partial charge in [-0.2, -0.15) is 0 Å². The van der Waals surface area contributed by atoms with Gasteiger partial charge in [-0.1, -0.05) is 20.8 Å². The SMILES string of the molecule is CC(Oc1c(F)cc(F)cc1CC(C)(C)C)C1CC1. The molecule has 1 unspecified atom stereocenters. The molecule has 1 aromatic carbocycles. The van der Waals surface area contributed by atoms with Crippen LogP contribution in [0.3, 0.4) is 0 Å². The molecule has 106 valence electrons. The standard InChI is InChI=1S/C16H22F2O/c1-10(11-5-6-11)19-15-12(9-16(2,3)4)7-13(17)8-14(15)18/h7-8,10-11H,5-6,9H2,1-4H3. The van der Waals surface area contributed by atoms with E-state index in [0.29, 0.717) is 17.9 Å². The third kappa shape index (κ3) is 3.92. The highest BCUT2D eigenvalue weighted by atomic mass is 19.1. The van der Waals surface area contributed by atoms with Crippen LogP contribution in [0.5, 0.6) is 5.75 Å². The van der Waals surface area contributed by atoms with Gasteiger partial charge in [-0.3, -0.25) is 0 Å². The monoisotopic (exact) mass is 268 g/mol. The maximum absolute atomic E-state index is 14.0. The molecule has 0 spiro atoms. The normalized spacial score (nSPS) is 17.4. The minimum absolute atomic E-state index is 0.00122. The van der Waals surface area contributed by atoms with Crippen molar-refractivity contribution < 1.29 is 13.5 Å². The molecule has 0 aliphatic heterocycles. The average Bonchev–Trinajstić information content (AvgIpc) is 3.03. The molecule has 19 heavy (non-hydrogen) atoms. The summed E-state index contributed by atoms with van der Waals surface area (Å²) in [6.45, 7) is 8.10. The van der Waals surface area contributed by atoms with Gasteiger partial charge in [-0.15, -0.1) is 0 Å². The van der Waals surface area contributed by atoms with Crippen molar-refractivity contribution in [3.63, 3.8) is 0 Å². The summed E-state index contributed by atoms with van der Waals surface area (Å²) in [6.07, 6.45) is 2.87. The van der Waals surface area contributed by atoms with Crippen molar-refractivity contribution in [3.8, 4) is 5.75 Å². The van der Waals surface area contributed by atoms with Gasteiger partial charge < -0.3 is 4.74 Å². The second-order valence-corrected chi connectivity index (χ2v) is 6.77. The summed E-state index contributed by atoms with van der Waals surface area (Å²) in [4.78, 5) is 0. The van der Waals surface area contributed by atoms with Crippen molar-refractivity contribution in [3.05, 3.63) is 29.3 Å². The molecule has 1 atom stereocenters. The molecule has 1 aliphatic rings. The van der Waals surface area contributed by atoms with Gasteiger partial charge in [0.15, 0.2) is 11.6 Å². The molecule has 0 N–H and O–H groups in total. The van der Waals surface area contributed by atoms with Crippen LogP contribution >= 0.6 is 0 Å². The molecule has 0 aromatic heterocycles. The molecule has 2 rings (SSSR count). The van der Waals surface area contributed by atoms with Crippen LogP contribution in [-0.2, 0) is 6.42 Å². The molecule has 0 radical (unpaired) electrons. The second-order valence-electron chi connectivity index (χ2n) is 6.77. The number of ether oxygens (including phenoxy) is 1. The van der Waals surface area contributed by atoms with Crippen molar-refractivity contribution in [2.24, 2.45) is 11.3 Å². The highest BCUT2D eigenvalue weighted by Crippen LogP contribution is 2.37. The molecule has 1 saturated carbocycles. The molecule has 0 bridgehead atoms. The zero-order valence-electron chi connectivity index (χ0n) is 12.1. The van der Waals surface area contributed by atoms with Crippen molar-refractivity contribution in [1.82, 2.24) is 0 Å². The maximum atomic E-state index is 14.0. The summed E-state index contributed by atoms with van der Waals surface area (Å²) in [5.74, 6) is -0.377. The van der Waals surface area contributed by atoms with Gasteiger partial charge in [-0.05, 0) is 43.6 Å². The summed E-state index contributed by atoms with van der Waals surface area (Å²) in [7, 11) is 0. The van der Waals surface area contributed by atoms with E-state index in [0.717, 1.165) is 18.9 Å². The highest BCUT2D eigenvalue weighted by molar-refractivity contribution is 5.36. The number of hydrogen-bond donors (Lipinski definition) is 0. The quantitative estimate of drug-likeness (QED) is 0.767. The third-order valence-electron chi connectivity index (χ3n) is 3.40. The highest BCUT2D eigenvalue weighted by Gasteiger charge is 2.31. The lowest BCUT2D eigenvalue weighted by Crippen LogP contribution is -2.18. The van der Waals surface area contributed by atoms with Gasteiger partial charge >= 0.3 is 0 Å². The zero-order valence-corrected chi connectivity index (χ0v) is 12.1. The summed E-state index contributed by atoms with van der Waals surface area (Å²) >= 11 is 0. The van der Waals surface area contributed by atoms with E-state index < -0.39 is 11.6 Å². The van der Waals surface area contributed by atoms with E-state index in [4.69, 9.17) is 4.74 Å².